The first-order chi connectivity index (χ1) is 7.72. The molecule has 1 rings (SSSR count). The minimum atomic E-state index is -0.346. The summed E-state index contributed by atoms with van der Waals surface area (Å²) in [7, 11) is 1.45. The summed E-state index contributed by atoms with van der Waals surface area (Å²) in [5.41, 5.74) is 1.31. The largest absolute Gasteiger partial charge is 0.480 e. The zero-order valence-electron chi connectivity index (χ0n) is 9.28. The predicted molar refractivity (Wildman–Crippen MR) is 58.1 cm³/mol. The molecule has 0 saturated carbocycles. The van der Waals surface area contributed by atoms with Gasteiger partial charge in [-0.05, 0) is 18.1 Å². The highest BCUT2D eigenvalue weighted by Crippen LogP contribution is 2.16. The second-order valence-electron chi connectivity index (χ2n) is 3.09. The Kier molecular flexibility index (Phi) is 4.28. The summed E-state index contributed by atoms with van der Waals surface area (Å²) >= 11 is 0. The van der Waals surface area contributed by atoms with E-state index in [9.17, 15) is 4.79 Å². The maximum Gasteiger partial charge on any atom is 0.257 e. The van der Waals surface area contributed by atoms with Gasteiger partial charge in [-0.2, -0.15) is 5.26 Å². The van der Waals surface area contributed by atoms with Crippen LogP contribution in [-0.4, -0.2) is 24.5 Å². The molecule has 0 aliphatic rings. The number of carbonyl (C=O) groups is 1. The van der Waals surface area contributed by atoms with Gasteiger partial charge in [0, 0.05) is 6.20 Å². The summed E-state index contributed by atoms with van der Waals surface area (Å²) < 4.78 is 4.99. The van der Waals surface area contributed by atoms with Crippen LogP contribution in [0.4, 0.5) is 0 Å². The molecule has 0 atom stereocenters. The maximum absolute atomic E-state index is 11.7. The van der Waals surface area contributed by atoms with E-state index in [1.807, 2.05) is 13.0 Å². The normalized spacial score (nSPS) is 9.31. The van der Waals surface area contributed by atoms with Crippen LogP contribution in [0.15, 0.2) is 12.3 Å². The lowest BCUT2D eigenvalue weighted by Gasteiger charge is -2.07. The Morgan fingerprint density at radius 3 is 3.00 bits per heavy atom. The molecule has 1 aromatic heterocycles. The highest BCUT2D eigenvalue weighted by Gasteiger charge is 2.13. The van der Waals surface area contributed by atoms with Gasteiger partial charge in [0.25, 0.3) is 5.91 Å². The number of hydrogen-bond donors (Lipinski definition) is 1. The zero-order valence-corrected chi connectivity index (χ0v) is 9.28. The quantitative estimate of drug-likeness (QED) is 0.763. The van der Waals surface area contributed by atoms with Crippen LogP contribution >= 0.6 is 0 Å². The molecular formula is C11H13N3O2. The molecule has 0 aromatic carbocycles. The standard InChI is InChI=1S/C11H13N3O2/c1-3-8-6-9(10(15)13-5-4-12)11(16-2)14-7-8/h6-7H,3,5H2,1-2H3,(H,13,15). The smallest absolute Gasteiger partial charge is 0.257 e. The Morgan fingerprint density at radius 2 is 2.44 bits per heavy atom. The summed E-state index contributed by atoms with van der Waals surface area (Å²) in [6.07, 6.45) is 2.45. The van der Waals surface area contributed by atoms with Crippen molar-refractivity contribution in [2.75, 3.05) is 13.7 Å². The Hall–Kier alpha value is -2.09. The van der Waals surface area contributed by atoms with Crippen LogP contribution in [0, 0.1) is 11.3 Å². The number of ether oxygens (including phenoxy) is 1. The molecule has 5 heteroatoms. The van der Waals surface area contributed by atoms with Crippen molar-refractivity contribution < 1.29 is 9.53 Å². The van der Waals surface area contributed by atoms with Crippen molar-refractivity contribution in [3.05, 3.63) is 23.4 Å². The topological polar surface area (TPSA) is 75.0 Å². The summed E-state index contributed by atoms with van der Waals surface area (Å²) in [5, 5.41) is 10.8. The highest BCUT2D eigenvalue weighted by molar-refractivity contribution is 5.96. The van der Waals surface area contributed by atoms with Gasteiger partial charge in [-0.15, -0.1) is 0 Å². The number of methoxy groups -OCH3 is 1. The molecule has 16 heavy (non-hydrogen) atoms. The average Bonchev–Trinajstić information content (AvgIpc) is 2.35. The number of amides is 1. The third-order valence-corrected chi connectivity index (χ3v) is 2.08. The van der Waals surface area contributed by atoms with E-state index < -0.39 is 0 Å². The molecule has 1 N–H and O–H groups in total. The minimum absolute atomic E-state index is 0.0294. The molecule has 0 bridgehead atoms. The second kappa shape index (κ2) is 5.71. The van der Waals surface area contributed by atoms with Crippen molar-refractivity contribution in [3.63, 3.8) is 0 Å². The minimum Gasteiger partial charge on any atom is -0.480 e. The van der Waals surface area contributed by atoms with Crippen molar-refractivity contribution in [3.8, 4) is 11.9 Å². The van der Waals surface area contributed by atoms with Crippen LogP contribution in [-0.2, 0) is 6.42 Å². The predicted octanol–water partition coefficient (Wildman–Crippen LogP) is 0.906. The van der Waals surface area contributed by atoms with E-state index in [0.717, 1.165) is 12.0 Å². The number of nitrogens with one attached hydrogen (secondary N) is 1. The van der Waals surface area contributed by atoms with Crippen molar-refractivity contribution in [1.29, 1.82) is 5.26 Å². The van der Waals surface area contributed by atoms with Gasteiger partial charge >= 0.3 is 0 Å². The fourth-order valence-electron chi connectivity index (χ4n) is 1.23. The van der Waals surface area contributed by atoms with Gasteiger partial charge in [-0.1, -0.05) is 6.92 Å². The van der Waals surface area contributed by atoms with Crippen LogP contribution in [0.5, 0.6) is 5.88 Å². The molecule has 0 spiro atoms. The number of pyridine rings is 1. The number of aromatic nitrogens is 1. The lowest BCUT2D eigenvalue weighted by atomic mass is 10.1. The van der Waals surface area contributed by atoms with E-state index in [0.29, 0.717) is 5.56 Å². The molecule has 84 valence electrons. The molecule has 0 aliphatic carbocycles. The van der Waals surface area contributed by atoms with Gasteiger partial charge in [0.2, 0.25) is 5.88 Å². The Morgan fingerprint density at radius 1 is 1.69 bits per heavy atom. The molecule has 0 unspecified atom stereocenters. The molecule has 5 nitrogen and oxygen atoms in total. The lowest BCUT2D eigenvalue weighted by Crippen LogP contribution is -2.24. The van der Waals surface area contributed by atoms with Gasteiger partial charge in [-0.25, -0.2) is 4.98 Å². The van der Waals surface area contributed by atoms with E-state index in [2.05, 4.69) is 10.3 Å². The Labute approximate surface area is 94.1 Å². The third kappa shape index (κ3) is 2.70. The zero-order chi connectivity index (χ0) is 12.0. The van der Waals surface area contributed by atoms with E-state index in [1.165, 1.54) is 7.11 Å². The molecule has 1 amide bonds. The monoisotopic (exact) mass is 219 g/mol. The second-order valence-corrected chi connectivity index (χ2v) is 3.09. The highest BCUT2D eigenvalue weighted by atomic mass is 16.5. The average molecular weight is 219 g/mol. The van der Waals surface area contributed by atoms with E-state index >= 15 is 0 Å². The van der Waals surface area contributed by atoms with E-state index in [-0.39, 0.29) is 18.3 Å². The molecular weight excluding hydrogens is 206 g/mol. The third-order valence-electron chi connectivity index (χ3n) is 2.08. The van der Waals surface area contributed by atoms with E-state index in [4.69, 9.17) is 10.00 Å². The maximum atomic E-state index is 11.7. The summed E-state index contributed by atoms with van der Waals surface area (Å²) in [6, 6.07) is 3.56. The Bertz CT molecular complexity index is 424. The molecule has 1 heterocycles. The van der Waals surface area contributed by atoms with Gasteiger partial charge in [0.15, 0.2) is 0 Å². The molecule has 0 radical (unpaired) electrons. The molecule has 0 aliphatic heterocycles. The molecule has 0 fully saturated rings. The first-order valence-corrected chi connectivity index (χ1v) is 4.91. The first-order valence-electron chi connectivity index (χ1n) is 4.91. The van der Waals surface area contributed by atoms with Crippen LogP contribution in [0.1, 0.15) is 22.8 Å². The number of rotatable bonds is 4. The number of nitriles is 1. The fraction of sp³-hybridized carbons (Fsp3) is 0.364. The summed E-state index contributed by atoms with van der Waals surface area (Å²) in [5.74, 6) is -0.0751. The van der Waals surface area contributed by atoms with Crippen LogP contribution in [0.25, 0.3) is 0 Å². The first kappa shape index (κ1) is 12.0. The van der Waals surface area contributed by atoms with E-state index in [1.54, 1.807) is 12.3 Å². The lowest BCUT2D eigenvalue weighted by molar-refractivity contribution is 0.0954. The number of carbonyl (C=O) groups excluding carboxylic acids is 1. The molecule has 1 aromatic rings. The number of hydrogen-bond acceptors (Lipinski definition) is 4. The summed E-state index contributed by atoms with van der Waals surface area (Å²) in [4.78, 5) is 15.7. The van der Waals surface area contributed by atoms with Gasteiger partial charge in [0.1, 0.15) is 12.1 Å². The van der Waals surface area contributed by atoms with Crippen LogP contribution < -0.4 is 10.1 Å². The van der Waals surface area contributed by atoms with Crippen LogP contribution in [0.2, 0.25) is 0 Å². The van der Waals surface area contributed by atoms with Crippen molar-refractivity contribution in [1.82, 2.24) is 10.3 Å². The Balaban J connectivity index is 2.99. The van der Waals surface area contributed by atoms with Crippen molar-refractivity contribution >= 4 is 5.91 Å². The van der Waals surface area contributed by atoms with Gasteiger partial charge < -0.3 is 10.1 Å². The number of nitrogens with zero attached hydrogens (tertiary/aromatic N) is 2. The van der Waals surface area contributed by atoms with Crippen LogP contribution in [0.3, 0.4) is 0 Å². The van der Waals surface area contributed by atoms with Crippen molar-refractivity contribution in [2.24, 2.45) is 0 Å². The van der Waals surface area contributed by atoms with Gasteiger partial charge in [-0.3, -0.25) is 4.79 Å². The fourth-order valence-corrected chi connectivity index (χ4v) is 1.23. The number of aryl methyl sites for hydroxylation is 1. The summed E-state index contributed by atoms with van der Waals surface area (Å²) in [6.45, 7) is 1.94. The SMILES string of the molecule is CCc1cnc(OC)c(C(=O)NCC#N)c1. The van der Waals surface area contributed by atoms with Crippen molar-refractivity contribution in [2.45, 2.75) is 13.3 Å². The molecule has 0 saturated heterocycles. The van der Waals surface area contributed by atoms with Gasteiger partial charge in [0.05, 0.1) is 13.2 Å².